The number of rotatable bonds is 8. The van der Waals surface area contributed by atoms with Crippen LogP contribution in [0.25, 0.3) is 0 Å². The minimum atomic E-state index is -0.687. The fourth-order valence-electron chi connectivity index (χ4n) is 2.56. The fraction of sp³-hybridized carbons (Fsp3) is 0.588. The van der Waals surface area contributed by atoms with Gasteiger partial charge in [0.2, 0.25) is 0 Å². The van der Waals surface area contributed by atoms with Crippen LogP contribution in [0.1, 0.15) is 5.56 Å². The van der Waals surface area contributed by atoms with E-state index in [-0.39, 0.29) is 0 Å². The van der Waals surface area contributed by atoms with Crippen molar-refractivity contribution < 1.29 is 23.7 Å². The summed E-state index contributed by atoms with van der Waals surface area (Å²) in [4.78, 5) is 13.7. The minimum absolute atomic E-state index is 0.386. The van der Waals surface area contributed by atoms with Gasteiger partial charge in [-0.1, -0.05) is 6.07 Å². The van der Waals surface area contributed by atoms with E-state index in [1.54, 1.807) is 7.11 Å². The first-order chi connectivity index (χ1) is 11.6. The largest absolute Gasteiger partial charge is 0.493 e. The van der Waals surface area contributed by atoms with Gasteiger partial charge < -0.3 is 24.7 Å². The molecule has 1 saturated heterocycles. The number of morpholine rings is 1. The lowest BCUT2D eigenvalue weighted by atomic mass is 10.1. The molecular weight excluding hydrogens is 312 g/mol. The summed E-state index contributed by atoms with van der Waals surface area (Å²) < 4.78 is 21.2. The molecule has 1 aliphatic heterocycles. The SMILES string of the molecule is COC(=O)C(N)Cc1ccc(OCCN2CCOCC2)c(OC)c1. The van der Waals surface area contributed by atoms with E-state index < -0.39 is 12.0 Å². The number of carbonyl (C=O) groups is 1. The molecule has 1 atom stereocenters. The van der Waals surface area contributed by atoms with Crippen molar-refractivity contribution in [3.05, 3.63) is 23.8 Å². The van der Waals surface area contributed by atoms with Crippen molar-refractivity contribution in [3.63, 3.8) is 0 Å². The molecule has 7 nitrogen and oxygen atoms in total. The highest BCUT2D eigenvalue weighted by molar-refractivity contribution is 5.75. The highest BCUT2D eigenvalue weighted by Crippen LogP contribution is 2.28. The fourth-order valence-corrected chi connectivity index (χ4v) is 2.56. The van der Waals surface area contributed by atoms with Crippen LogP contribution in [0.15, 0.2) is 18.2 Å². The Morgan fingerprint density at radius 1 is 1.29 bits per heavy atom. The average Bonchev–Trinajstić information content (AvgIpc) is 2.62. The molecule has 1 unspecified atom stereocenters. The molecule has 2 N–H and O–H groups in total. The van der Waals surface area contributed by atoms with Gasteiger partial charge >= 0.3 is 5.97 Å². The highest BCUT2D eigenvalue weighted by atomic mass is 16.5. The van der Waals surface area contributed by atoms with E-state index in [0.717, 1.165) is 38.4 Å². The Labute approximate surface area is 142 Å². The van der Waals surface area contributed by atoms with Gasteiger partial charge in [-0.3, -0.25) is 9.69 Å². The second-order valence-electron chi connectivity index (χ2n) is 5.62. The van der Waals surface area contributed by atoms with E-state index in [4.69, 9.17) is 19.9 Å². The second kappa shape index (κ2) is 9.46. The van der Waals surface area contributed by atoms with Crippen molar-refractivity contribution >= 4 is 5.97 Å². The first-order valence-corrected chi connectivity index (χ1v) is 8.07. The Morgan fingerprint density at radius 3 is 2.71 bits per heavy atom. The van der Waals surface area contributed by atoms with Gasteiger partial charge in [-0.15, -0.1) is 0 Å². The highest BCUT2D eigenvalue weighted by Gasteiger charge is 2.16. The van der Waals surface area contributed by atoms with Gasteiger partial charge in [0.15, 0.2) is 11.5 Å². The molecule has 1 heterocycles. The summed E-state index contributed by atoms with van der Waals surface area (Å²) in [5.41, 5.74) is 6.68. The molecule has 1 aliphatic rings. The van der Waals surface area contributed by atoms with Crippen LogP contribution >= 0.6 is 0 Å². The minimum Gasteiger partial charge on any atom is -0.493 e. The van der Waals surface area contributed by atoms with Crippen LogP contribution in [0.2, 0.25) is 0 Å². The molecule has 2 rings (SSSR count). The zero-order valence-corrected chi connectivity index (χ0v) is 14.3. The van der Waals surface area contributed by atoms with E-state index in [1.165, 1.54) is 7.11 Å². The van der Waals surface area contributed by atoms with E-state index in [2.05, 4.69) is 9.64 Å². The molecule has 1 fully saturated rings. The molecule has 0 bridgehead atoms. The third kappa shape index (κ3) is 5.36. The van der Waals surface area contributed by atoms with Crippen LogP contribution in [0.3, 0.4) is 0 Å². The number of carbonyl (C=O) groups excluding carboxylic acids is 1. The lowest BCUT2D eigenvalue weighted by Gasteiger charge is -2.26. The zero-order chi connectivity index (χ0) is 17.4. The molecule has 0 amide bonds. The topological polar surface area (TPSA) is 83.2 Å². The van der Waals surface area contributed by atoms with Crippen molar-refractivity contribution in [2.75, 3.05) is 53.7 Å². The van der Waals surface area contributed by atoms with Gasteiger partial charge in [0.25, 0.3) is 0 Å². The second-order valence-corrected chi connectivity index (χ2v) is 5.62. The Hall–Kier alpha value is -1.83. The van der Waals surface area contributed by atoms with Crippen LogP contribution in [0, 0.1) is 0 Å². The monoisotopic (exact) mass is 338 g/mol. The molecule has 1 aromatic carbocycles. The summed E-state index contributed by atoms with van der Waals surface area (Å²) >= 11 is 0. The van der Waals surface area contributed by atoms with Crippen molar-refractivity contribution in [3.8, 4) is 11.5 Å². The summed E-state index contributed by atoms with van der Waals surface area (Å²) in [5, 5.41) is 0. The van der Waals surface area contributed by atoms with Crippen LogP contribution < -0.4 is 15.2 Å². The summed E-state index contributed by atoms with van der Waals surface area (Å²) in [5.74, 6) is 0.882. The number of nitrogens with two attached hydrogens (primary N) is 1. The predicted molar refractivity (Wildman–Crippen MR) is 89.4 cm³/mol. The predicted octanol–water partition coefficient (Wildman–Crippen LogP) is 0.449. The molecule has 0 aliphatic carbocycles. The summed E-state index contributed by atoms with van der Waals surface area (Å²) in [6.07, 6.45) is 0.386. The number of esters is 1. The molecule has 0 radical (unpaired) electrons. The number of hydrogen-bond acceptors (Lipinski definition) is 7. The quantitative estimate of drug-likeness (QED) is 0.689. The Kier molecular flexibility index (Phi) is 7.30. The van der Waals surface area contributed by atoms with Gasteiger partial charge in [-0.05, 0) is 24.1 Å². The van der Waals surface area contributed by atoms with E-state index >= 15 is 0 Å². The van der Waals surface area contributed by atoms with Crippen LogP contribution in [-0.4, -0.2) is 70.6 Å². The van der Waals surface area contributed by atoms with E-state index in [9.17, 15) is 4.79 Å². The molecule has 0 spiro atoms. The molecule has 7 heteroatoms. The van der Waals surface area contributed by atoms with Crippen LogP contribution in [0.4, 0.5) is 0 Å². The van der Waals surface area contributed by atoms with E-state index in [1.807, 2.05) is 18.2 Å². The average molecular weight is 338 g/mol. The van der Waals surface area contributed by atoms with Gasteiger partial charge in [0.05, 0.1) is 27.4 Å². The van der Waals surface area contributed by atoms with Crippen molar-refractivity contribution in [1.82, 2.24) is 4.90 Å². The maximum atomic E-state index is 11.4. The number of methoxy groups -OCH3 is 2. The third-order valence-electron chi connectivity index (χ3n) is 3.96. The third-order valence-corrected chi connectivity index (χ3v) is 3.96. The molecule has 0 aromatic heterocycles. The molecule has 134 valence electrons. The first-order valence-electron chi connectivity index (χ1n) is 8.07. The van der Waals surface area contributed by atoms with Crippen LogP contribution in [0.5, 0.6) is 11.5 Å². The Bertz CT molecular complexity index is 532. The lowest BCUT2D eigenvalue weighted by Crippen LogP contribution is -2.38. The van der Waals surface area contributed by atoms with E-state index in [0.29, 0.717) is 24.5 Å². The van der Waals surface area contributed by atoms with Crippen molar-refractivity contribution in [1.29, 1.82) is 0 Å². The maximum Gasteiger partial charge on any atom is 0.322 e. The number of hydrogen-bond donors (Lipinski definition) is 1. The normalized spacial score (nSPS) is 16.5. The Morgan fingerprint density at radius 2 is 2.04 bits per heavy atom. The first kappa shape index (κ1) is 18.5. The molecule has 1 aromatic rings. The van der Waals surface area contributed by atoms with Crippen molar-refractivity contribution in [2.24, 2.45) is 5.73 Å². The van der Waals surface area contributed by atoms with Gasteiger partial charge in [0, 0.05) is 19.6 Å². The smallest absolute Gasteiger partial charge is 0.322 e. The summed E-state index contributed by atoms with van der Waals surface area (Å²) in [6, 6.07) is 4.88. The molecular formula is C17H26N2O5. The van der Waals surface area contributed by atoms with Gasteiger partial charge in [-0.2, -0.15) is 0 Å². The number of nitrogens with zero attached hydrogens (tertiary/aromatic N) is 1. The standard InChI is InChI=1S/C17H26N2O5/c1-21-16-12-13(11-14(18)17(20)22-2)3-4-15(16)24-10-7-19-5-8-23-9-6-19/h3-4,12,14H,5-11,18H2,1-2H3. The summed E-state index contributed by atoms with van der Waals surface area (Å²) in [7, 11) is 2.92. The summed E-state index contributed by atoms with van der Waals surface area (Å²) in [6.45, 7) is 4.85. The van der Waals surface area contributed by atoms with Gasteiger partial charge in [0.1, 0.15) is 12.6 Å². The number of benzene rings is 1. The Balaban J connectivity index is 1.89. The van der Waals surface area contributed by atoms with Crippen molar-refractivity contribution in [2.45, 2.75) is 12.5 Å². The van der Waals surface area contributed by atoms with Crippen LogP contribution in [-0.2, 0) is 20.7 Å². The molecule has 0 saturated carbocycles. The zero-order valence-electron chi connectivity index (χ0n) is 14.3. The number of ether oxygens (including phenoxy) is 4. The maximum absolute atomic E-state index is 11.4. The lowest BCUT2D eigenvalue weighted by molar-refractivity contribution is -0.142. The molecule has 24 heavy (non-hydrogen) atoms. The van der Waals surface area contributed by atoms with Gasteiger partial charge in [-0.25, -0.2) is 0 Å².